The van der Waals surface area contributed by atoms with E-state index in [1.807, 2.05) is 23.6 Å². The summed E-state index contributed by atoms with van der Waals surface area (Å²) in [5, 5.41) is 3.57. The number of carbonyl (C=O) groups excluding carboxylic acids is 1. The third-order valence-corrected chi connectivity index (χ3v) is 4.61. The van der Waals surface area contributed by atoms with Gasteiger partial charge in [0.25, 0.3) is 0 Å². The van der Waals surface area contributed by atoms with E-state index in [1.54, 1.807) is 24.0 Å². The van der Waals surface area contributed by atoms with Gasteiger partial charge in [0.05, 0.1) is 22.5 Å². The molecule has 0 aliphatic heterocycles. The number of halogens is 1. The van der Waals surface area contributed by atoms with Crippen molar-refractivity contribution in [2.45, 2.75) is 38.5 Å². The monoisotopic (exact) mass is 325 g/mol. The van der Waals surface area contributed by atoms with Gasteiger partial charge in [0.1, 0.15) is 5.65 Å². The van der Waals surface area contributed by atoms with E-state index in [2.05, 4.69) is 17.2 Å². The van der Waals surface area contributed by atoms with Gasteiger partial charge < -0.3 is 9.72 Å². The molecular formula is C15H20ClN3OS. The third-order valence-electron chi connectivity index (χ3n) is 3.14. The summed E-state index contributed by atoms with van der Waals surface area (Å²) < 4.78 is 1.86. The first-order valence-electron chi connectivity index (χ1n) is 7.12. The summed E-state index contributed by atoms with van der Waals surface area (Å²) in [6.45, 7) is 4.54. The maximum atomic E-state index is 12.0. The Morgan fingerprint density at radius 2 is 2.29 bits per heavy atom. The molecule has 0 aliphatic carbocycles. The van der Waals surface area contributed by atoms with E-state index in [4.69, 9.17) is 11.6 Å². The molecule has 2 aromatic heterocycles. The first kappa shape index (κ1) is 16.2. The van der Waals surface area contributed by atoms with Gasteiger partial charge in [-0.3, -0.25) is 4.79 Å². The second-order valence-corrected chi connectivity index (χ2v) is 6.81. The summed E-state index contributed by atoms with van der Waals surface area (Å²) in [5.74, 6) is 1.09. The zero-order chi connectivity index (χ0) is 15.2. The molecular weight excluding hydrogens is 306 g/mol. The number of nitrogens with one attached hydrogen (secondary N) is 1. The minimum atomic E-state index is -0.0250. The highest BCUT2D eigenvalue weighted by atomic mass is 35.5. The fourth-order valence-corrected chi connectivity index (χ4v) is 3.12. The summed E-state index contributed by atoms with van der Waals surface area (Å²) >= 11 is 7.63. The molecule has 0 aliphatic rings. The van der Waals surface area contributed by atoms with Crippen LogP contribution in [-0.4, -0.2) is 26.3 Å². The highest BCUT2D eigenvalue weighted by Gasteiger charge is 2.13. The van der Waals surface area contributed by atoms with Gasteiger partial charge in [-0.2, -0.15) is 0 Å². The first-order chi connectivity index (χ1) is 10.1. The molecule has 21 heavy (non-hydrogen) atoms. The molecule has 2 heterocycles. The third kappa shape index (κ3) is 4.64. The van der Waals surface area contributed by atoms with Crippen LogP contribution in [0.4, 0.5) is 0 Å². The molecule has 1 atom stereocenters. The number of imidazole rings is 1. The molecule has 0 saturated heterocycles. The van der Waals surface area contributed by atoms with E-state index in [0.717, 1.165) is 29.9 Å². The van der Waals surface area contributed by atoms with Crippen LogP contribution in [-0.2, 0) is 11.3 Å². The predicted molar refractivity (Wildman–Crippen MR) is 88.9 cm³/mol. The summed E-state index contributed by atoms with van der Waals surface area (Å²) in [4.78, 5) is 16.4. The maximum Gasteiger partial charge on any atom is 0.233 e. The van der Waals surface area contributed by atoms with E-state index in [9.17, 15) is 4.79 Å². The van der Waals surface area contributed by atoms with E-state index in [-0.39, 0.29) is 11.2 Å². The van der Waals surface area contributed by atoms with Crippen LogP contribution < -0.4 is 5.32 Å². The maximum absolute atomic E-state index is 12.0. The minimum Gasteiger partial charge on any atom is -0.349 e. The molecule has 0 saturated carbocycles. The van der Waals surface area contributed by atoms with Crippen molar-refractivity contribution < 1.29 is 4.79 Å². The Morgan fingerprint density at radius 1 is 1.48 bits per heavy atom. The Bertz CT molecular complexity index is 614. The van der Waals surface area contributed by atoms with Crippen molar-refractivity contribution in [3.05, 3.63) is 35.2 Å². The van der Waals surface area contributed by atoms with Gasteiger partial charge in [0.2, 0.25) is 5.91 Å². The highest BCUT2D eigenvalue weighted by Crippen LogP contribution is 2.14. The van der Waals surface area contributed by atoms with Crippen molar-refractivity contribution in [1.82, 2.24) is 14.7 Å². The zero-order valence-electron chi connectivity index (χ0n) is 12.3. The molecule has 0 spiro atoms. The number of nitrogens with zero attached hydrogens (tertiary/aromatic N) is 2. The number of unbranched alkanes of at least 4 members (excludes halogenated alkanes) is 1. The Kier molecular flexibility index (Phi) is 5.94. The van der Waals surface area contributed by atoms with E-state index in [1.165, 1.54) is 0 Å². The van der Waals surface area contributed by atoms with Crippen molar-refractivity contribution >= 4 is 34.9 Å². The standard InChI is InChI=1S/C15H20ClN3OS/c1-3-4-7-21-11(2)15(20)17-8-13-10-19-9-12(16)5-6-14(19)18-13/h5-6,9-11H,3-4,7-8H2,1-2H3,(H,17,20)/t11-/m0/s1. The predicted octanol–water partition coefficient (Wildman–Crippen LogP) is 3.53. The number of pyridine rings is 1. The number of rotatable bonds is 7. The van der Waals surface area contributed by atoms with Crippen molar-refractivity contribution in [2.24, 2.45) is 0 Å². The fourth-order valence-electron chi connectivity index (χ4n) is 1.90. The average molecular weight is 326 g/mol. The number of thioether (sulfide) groups is 1. The molecule has 2 rings (SSSR count). The number of hydrogen-bond donors (Lipinski definition) is 1. The largest absolute Gasteiger partial charge is 0.349 e. The molecule has 2 aromatic rings. The summed E-state index contributed by atoms with van der Waals surface area (Å²) in [7, 11) is 0. The van der Waals surface area contributed by atoms with Crippen LogP contribution >= 0.6 is 23.4 Å². The van der Waals surface area contributed by atoms with Crippen LogP contribution in [0.2, 0.25) is 5.02 Å². The Morgan fingerprint density at radius 3 is 3.05 bits per heavy atom. The molecule has 0 bridgehead atoms. The van der Waals surface area contributed by atoms with Crippen LogP contribution in [0.5, 0.6) is 0 Å². The van der Waals surface area contributed by atoms with E-state index >= 15 is 0 Å². The van der Waals surface area contributed by atoms with Crippen LogP contribution in [0.25, 0.3) is 5.65 Å². The lowest BCUT2D eigenvalue weighted by atomic mass is 10.4. The summed E-state index contributed by atoms with van der Waals surface area (Å²) in [5.41, 5.74) is 1.66. The van der Waals surface area contributed by atoms with Crippen molar-refractivity contribution in [2.75, 3.05) is 5.75 Å². The number of amides is 1. The van der Waals surface area contributed by atoms with Gasteiger partial charge in [-0.15, -0.1) is 11.8 Å². The average Bonchev–Trinajstić information content (AvgIpc) is 2.86. The van der Waals surface area contributed by atoms with Crippen molar-refractivity contribution in [1.29, 1.82) is 0 Å². The van der Waals surface area contributed by atoms with Gasteiger partial charge in [0.15, 0.2) is 0 Å². The van der Waals surface area contributed by atoms with Gasteiger partial charge in [-0.25, -0.2) is 4.98 Å². The second-order valence-electron chi connectivity index (χ2n) is 4.93. The highest BCUT2D eigenvalue weighted by molar-refractivity contribution is 8.00. The normalized spacial score (nSPS) is 12.5. The van der Waals surface area contributed by atoms with Gasteiger partial charge in [-0.05, 0) is 31.2 Å². The molecule has 1 N–H and O–H groups in total. The van der Waals surface area contributed by atoms with Gasteiger partial charge >= 0.3 is 0 Å². The lowest BCUT2D eigenvalue weighted by molar-refractivity contribution is -0.120. The summed E-state index contributed by atoms with van der Waals surface area (Å²) in [6.07, 6.45) is 6.00. The summed E-state index contributed by atoms with van der Waals surface area (Å²) in [6, 6.07) is 3.66. The molecule has 0 fully saturated rings. The lowest BCUT2D eigenvalue weighted by Crippen LogP contribution is -2.30. The molecule has 6 heteroatoms. The van der Waals surface area contributed by atoms with Gasteiger partial charge in [-0.1, -0.05) is 24.9 Å². The topological polar surface area (TPSA) is 46.4 Å². The van der Waals surface area contributed by atoms with Crippen LogP contribution in [0.15, 0.2) is 24.5 Å². The molecule has 0 radical (unpaired) electrons. The van der Waals surface area contributed by atoms with Gasteiger partial charge in [0, 0.05) is 12.4 Å². The Balaban J connectivity index is 1.87. The molecule has 0 unspecified atom stereocenters. The van der Waals surface area contributed by atoms with Crippen molar-refractivity contribution in [3.8, 4) is 0 Å². The number of carbonyl (C=O) groups is 1. The van der Waals surface area contributed by atoms with Crippen LogP contribution in [0, 0.1) is 0 Å². The Labute approximate surface area is 134 Å². The number of aromatic nitrogens is 2. The van der Waals surface area contributed by atoms with Crippen LogP contribution in [0.1, 0.15) is 32.4 Å². The SMILES string of the molecule is CCCCS[C@@H](C)C(=O)NCc1cn2cc(Cl)ccc2n1. The van der Waals surface area contributed by atoms with E-state index < -0.39 is 0 Å². The fraction of sp³-hybridized carbons (Fsp3) is 0.467. The second kappa shape index (κ2) is 7.71. The van der Waals surface area contributed by atoms with Crippen LogP contribution in [0.3, 0.4) is 0 Å². The zero-order valence-corrected chi connectivity index (χ0v) is 13.9. The van der Waals surface area contributed by atoms with Crippen molar-refractivity contribution in [3.63, 3.8) is 0 Å². The minimum absolute atomic E-state index is 0.0250. The first-order valence-corrected chi connectivity index (χ1v) is 8.55. The smallest absolute Gasteiger partial charge is 0.233 e. The Hall–Kier alpha value is -1.20. The number of fused-ring (bicyclic) bond motifs is 1. The molecule has 114 valence electrons. The van der Waals surface area contributed by atoms with E-state index in [0.29, 0.717) is 11.6 Å². The quantitative estimate of drug-likeness (QED) is 0.792. The molecule has 4 nitrogen and oxygen atoms in total. The lowest BCUT2D eigenvalue weighted by Gasteiger charge is -2.10. The molecule has 0 aromatic carbocycles. The number of hydrogen-bond acceptors (Lipinski definition) is 3. The molecule has 1 amide bonds.